The molecule has 2 amide bonds. The second-order valence-electron chi connectivity index (χ2n) is 3.79. The van der Waals surface area contributed by atoms with E-state index in [9.17, 15) is 9.59 Å². The van der Waals surface area contributed by atoms with E-state index in [1.165, 1.54) is 0 Å². The Morgan fingerprint density at radius 2 is 2.08 bits per heavy atom. The van der Waals surface area contributed by atoms with Crippen LogP contribution in [0.1, 0.15) is 27.2 Å². The second kappa shape index (κ2) is 3.36. The molecule has 0 aliphatic carbocycles. The number of carbonyl (C=O) groups is 2. The smallest absolute Gasteiger partial charge is 0.245 e. The maximum atomic E-state index is 11.5. The molecule has 0 radical (unpaired) electrons. The molecule has 1 heterocycles. The standard InChI is InChI=1S/C9H16N2O2/c1-4-5-11-7(12)6-10-8(13)9(11,2)3/h4-6H2,1-3H3,(H,10,13). The molecule has 0 aromatic carbocycles. The highest BCUT2D eigenvalue weighted by Gasteiger charge is 2.40. The van der Waals surface area contributed by atoms with E-state index in [0.717, 1.165) is 6.42 Å². The Labute approximate surface area is 78.3 Å². The highest BCUT2D eigenvalue weighted by molar-refractivity contribution is 5.97. The Balaban J connectivity index is 2.85. The van der Waals surface area contributed by atoms with Crippen LogP contribution in [-0.4, -0.2) is 35.3 Å². The van der Waals surface area contributed by atoms with Gasteiger partial charge in [0, 0.05) is 6.54 Å². The molecule has 13 heavy (non-hydrogen) atoms. The Hall–Kier alpha value is -1.06. The van der Waals surface area contributed by atoms with E-state index in [1.807, 2.05) is 6.92 Å². The summed E-state index contributed by atoms with van der Waals surface area (Å²) in [6.45, 7) is 6.33. The van der Waals surface area contributed by atoms with E-state index in [2.05, 4.69) is 5.32 Å². The highest BCUT2D eigenvalue weighted by Crippen LogP contribution is 2.18. The summed E-state index contributed by atoms with van der Waals surface area (Å²) in [6.07, 6.45) is 0.877. The quantitative estimate of drug-likeness (QED) is 0.663. The van der Waals surface area contributed by atoms with Crippen LogP contribution in [0.5, 0.6) is 0 Å². The van der Waals surface area contributed by atoms with E-state index >= 15 is 0 Å². The van der Waals surface area contributed by atoms with Crippen molar-refractivity contribution in [2.24, 2.45) is 0 Å². The molecule has 4 heteroatoms. The molecule has 0 aromatic heterocycles. The van der Waals surface area contributed by atoms with Gasteiger partial charge in [0.25, 0.3) is 0 Å². The molecular weight excluding hydrogens is 168 g/mol. The van der Waals surface area contributed by atoms with Gasteiger partial charge in [-0.2, -0.15) is 0 Å². The fraction of sp³-hybridized carbons (Fsp3) is 0.778. The van der Waals surface area contributed by atoms with Gasteiger partial charge in [-0.3, -0.25) is 9.59 Å². The summed E-state index contributed by atoms with van der Waals surface area (Å²) in [7, 11) is 0. The number of hydrogen-bond donors (Lipinski definition) is 1. The topological polar surface area (TPSA) is 49.4 Å². The van der Waals surface area contributed by atoms with Crippen LogP contribution in [0, 0.1) is 0 Å². The number of rotatable bonds is 2. The van der Waals surface area contributed by atoms with E-state index < -0.39 is 5.54 Å². The average Bonchev–Trinajstić information content (AvgIpc) is 2.06. The lowest BCUT2D eigenvalue weighted by Gasteiger charge is -2.40. The van der Waals surface area contributed by atoms with E-state index in [-0.39, 0.29) is 18.4 Å². The first-order valence-corrected chi connectivity index (χ1v) is 4.59. The van der Waals surface area contributed by atoms with Crippen LogP contribution in [0.3, 0.4) is 0 Å². The SMILES string of the molecule is CCCN1C(=O)CNC(=O)C1(C)C. The van der Waals surface area contributed by atoms with Gasteiger partial charge in [0.05, 0.1) is 6.54 Å². The summed E-state index contributed by atoms with van der Waals surface area (Å²) in [5.41, 5.74) is -0.689. The zero-order valence-corrected chi connectivity index (χ0v) is 8.39. The van der Waals surface area contributed by atoms with Gasteiger partial charge in [0.2, 0.25) is 11.8 Å². The normalized spacial score (nSPS) is 21.6. The molecule has 1 saturated heterocycles. The summed E-state index contributed by atoms with van der Waals surface area (Å²) < 4.78 is 0. The van der Waals surface area contributed by atoms with Crippen LogP contribution in [0.4, 0.5) is 0 Å². The molecule has 4 nitrogen and oxygen atoms in total. The summed E-state index contributed by atoms with van der Waals surface area (Å²) in [4.78, 5) is 24.5. The van der Waals surface area contributed by atoms with Crippen LogP contribution in [0.15, 0.2) is 0 Å². The summed E-state index contributed by atoms with van der Waals surface area (Å²) in [5, 5.41) is 2.58. The van der Waals surface area contributed by atoms with Crippen molar-refractivity contribution in [1.82, 2.24) is 10.2 Å². The first-order chi connectivity index (χ1) is 6.00. The van der Waals surface area contributed by atoms with Crippen molar-refractivity contribution in [3.8, 4) is 0 Å². The fourth-order valence-corrected chi connectivity index (χ4v) is 1.53. The Bertz CT molecular complexity index is 236. The Morgan fingerprint density at radius 3 is 2.62 bits per heavy atom. The second-order valence-corrected chi connectivity index (χ2v) is 3.79. The molecule has 0 unspecified atom stereocenters. The summed E-state index contributed by atoms with van der Waals surface area (Å²) in [6, 6.07) is 0. The van der Waals surface area contributed by atoms with Gasteiger partial charge < -0.3 is 10.2 Å². The maximum absolute atomic E-state index is 11.5. The van der Waals surface area contributed by atoms with Crippen LogP contribution in [0.2, 0.25) is 0 Å². The average molecular weight is 184 g/mol. The molecule has 0 spiro atoms. The zero-order chi connectivity index (χ0) is 10.1. The van der Waals surface area contributed by atoms with Crippen molar-refractivity contribution in [2.75, 3.05) is 13.1 Å². The van der Waals surface area contributed by atoms with Gasteiger partial charge in [0.15, 0.2) is 0 Å². The van der Waals surface area contributed by atoms with Gasteiger partial charge >= 0.3 is 0 Å². The summed E-state index contributed by atoms with van der Waals surface area (Å²) in [5.74, 6) is -0.0630. The van der Waals surface area contributed by atoms with Gasteiger partial charge in [0.1, 0.15) is 5.54 Å². The number of piperazine rings is 1. The molecule has 1 aliphatic rings. The third kappa shape index (κ3) is 1.66. The van der Waals surface area contributed by atoms with E-state index in [4.69, 9.17) is 0 Å². The van der Waals surface area contributed by atoms with Crippen LogP contribution < -0.4 is 5.32 Å². The molecule has 0 bridgehead atoms. The number of nitrogens with one attached hydrogen (secondary N) is 1. The lowest BCUT2D eigenvalue weighted by atomic mass is 9.98. The molecule has 1 aliphatic heterocycles. The molecule has 74 valence electrons. The van der Waals surface area contributed by atoms with Crippen molar-refractivity contribution < 1.29 is 9.59 Å². The van der Waals surface area contributed by atoms with Crippen molar-refractivity contribution >= 4 is 11.8 Å². The maximum Gasteiger partial charge on any atom is 0.245 e. The largest absolute Gasteiger partial charge is 0.345 e. The zero-order valence-electron chi connectivity index (χ0n) is 8.39. The molecule has 0 aromatic rings. The lowest BCUT2D eigenvalue weighted by Crippen LogP contribution is -2.64. The lowest BCUT2D eigenvalue weighted by molar-refractivity contribution is -0.151. The minimum absolute atomic E-state index is 0.00597. The molecule has 1 fully saturated rings. The highest BCUT2D eigenvalue weighted by atomic mass is 16.2. The molecule has 0 saturated carbocycles. The van der Waals surface area contributed by atoms with Gasteiger partial charge in [-0.1, -0.05) is 6.92 Å². The minimum atomic E-state index is -0.689. The van der Waals surface area contributed by atoms with Crippen molar-refractivity contribution in [3.05, 3.63) is 0 Å². The van der Waals surface area contributed by atoms with Gasteiger partial charge in [-0.15, -0.1) is 0 Å². The molecular formula is C9H16N2O2. The number of nitrogens with zero attached hydrogens (tertiary/aromatic N) is 1. The number of amides is 2. The third-order valence-corrected chi connectivity index (χ3v) is 2.38. The fourth-order valence-electron chi connectivity index (χ4n) is 1.53. The molecule has 0 atom stereocenters. The van der Waals surface area contributed by atoms with Crippen LogP contribution in [-0.2, 0) is 9.59 Å². The van der Waals surface area contributed by atoms with Crippen LogP contribution in [0.25, 0.3) is 0 Å². The predicted octanol–water partition coefficient (Wildman–Crippen LogP) is 0.133. The number of carbonyl (C=O) groups excluding carboxylic acids is 2. The Morgan fingerprint density at radius 1 is 1.46 bits per heavy atom. The van der Waals surface area contributed by atoms with Gasteiger partial charge in [-0.05, 0) is 20.3 Å². The van der Waals surface area contributed by atoms with Crippen molar-refractivity contribution in [2.45, 2.75) is 32.7 Å². The van der Waals surface area contributed by atoms with E-state index in [1.54, 1.807) is 18.7 Å². The van der Waals surface area contributed by atoms with Gasteiger partial charge in [-0.25, -0.2) is 0 Å². The van der Waals surface area contributed by atoms with Crippen molar-refractivity contribution in [1.29, 1.82) is 0 Å². The minimum Gasteiger partial charge on any atom is -0.345 e. The van der Waals surface area contributed by atoms with Crippen molar-refractivity contribution in [3.63, 3.8) is 0 Å². The predicted molar refractivity (Wildman–Crippen MR) is 49.1 cm³/mol. The monoisotopic (exact) mass is 184 g/mol. The summed E-state index contributed by atoms with van der Waals surface area (Å²) >= 11 is 0. The van der Waals surface area contributed by atoms with Crippen LogP contribution >= 0.6 is 0 Å². The molecule has 1 N–H and O–H groups in total. The Kier molecular flexibility index (Phi) is 2.59. The molecule has 1 rings (SSSR count). The first-order valence-electron chi connectivity index (χ1n) is 4.59. The van der Waals surface area contributed by atoms with E-state index in [0.29, 0.717) is 6.54 Å². The third-order valence-electron chi connectivity index (χ3n) is 2.38. The number of hydrogen-bond acceptors (Lipinski definition) is 2. The first kappa shape index (κ1) is 10.0.